The zero-order valence-electron chi connectivity index (χ0n) is 9.06. The average Bonchev–Trinajstić information content (AvgIpc) is 2.42. The Labute approximate surface area is 96.6 Å². The van der Waals surface area contributed by atoms with Crippen molar-refractivity contribution in [2.45, 2.75) is 56.7 Å². The van der Waals surface area contributed by atoms with Crippen LogP contribution in [-0.2, 0) is 0 Å². The molecule has 2 bridgehead atoms. The summed E-state index contributed by atoms with van der Waals surface area (Å²) in [5.74, 6) is 0. The van der Waals surface area contributed by atoms with E-state index in [1.807, 2.05) is 0 Å². The van der Waals surface area contributed by atoms with Crippen molar-refractivity contribution in [3.05, 3.63) is 0 Å². The summed E-state index contributed by atoms with van der Waals surface area (Å²) < 4.78 is 0. The largest absolute Gasteiger partial charge is 0.393 e. The maximum absolute atomic E-state index is 9.65. The van der Waals surface area contributed by atoms with Crippen molar-refractivity contribution in [3.63, 3.8) is 0 Å². The van der Waals surface area contributed by atoms with E-state index in [0.717, 1.165) is 32.2 Å². The number of fused-ring (bicyclic) bond motifs is 2. The van der Waals surface area contributed by atoms with Crippen LogP contribution in [0.4, 0.5) is 0 Å². The van der Waals surface area contributed by atoms with Gasteiger partial charge in [0.25, 0.3) is 0 Å². The Morgan fingerprint density at radius 1 is 1.33 bits per heavy atom. The Balaban J connectivity index is 1.81. The van der Waals surface area contributed by atoms with E-state index in [2.05, 4.69) is 4.90 Å². The Morgan fingerprint density at radius 3 is 2.47 bits per heavy atom. The number of piperidine rings is 1. The molecule has 0 saturated carbocycles. The number of aliphatic hydroxyl groups is 1. The normalized spacial score (nSPS) is 35.7. The molecule has 2 fully saturated rings. The molecule has 2 saturated heterocycles. The van der Waals surface area contributed by atoms with E-state index in [4.69, 9.17) is 18.0 Å². The first kappa shape index (κ1) is 11.3. The van der Waals surface area contributed by atoms with Gasteiger partial charge in [-0.1, -0.05) is 12.2 Å². The molecular formula is C11H20N2OS. The third-order valence-corrected chi connectivity index (χ3v) is 3.90. The highest BCUT2D eigenvalue weighted by molar-refractivity contribution is 7.80. The van der Waals surface area contributed by atoms with Crippen LogP contribution in [0.15, 0.2) is 0 Å². The fourth-order valence-electron chi connectivity index (χ4n) is 3.05. The van der Waals surface area contributed by atoms with Crippen molar-refractivity contribution in [3.8, 4) is 0 Å². The third-order valence-electron chi connectivity index (χ3n) is 3.70. The van der Waals surface area contributed by atoms with Gasteiger partial charge >= 0.3 is 0 Å². The van der Waals surface area contributed by atoms with Crippen LogP contribution >= 0.6 is 12.2 Å². The van der Waals surface area contributed by atoms with Crippen LogP contribution in [-0.4, -0.2) is 39.7 Å². The van der Waals surface area contributed by atoms with Gasteiger partial charge in [0.1, 0.15) is 0 Å². The van der Waals surface area contributed by atoms with Crippen LogP contribution in [0.25, 0.3) is 0 Å². The SMILES string of the molecule is NC(=S)CCCN1C2CCC1CC(O)C2. The molecule has 0 spiro atoms. The first-order valence-corrected chi connectivity index (χ1v) is 6.29. The van der Waals surface area contributed by atoms with Gasteiger partial charge in [-0.05, 0) is 45.1 Å². The third kappa shape index (κ3) is 2.68. The Morgan fingerprint density at radius 2 is 1.93 bits per heavy atom. The summed E-state index contributed by atoms with van der Waals surface area (Å²) >= 11 is 4.87. The molecule has 3 nitrogen and oxygen atoms in total. The van der Waals surface area contributed by atoms with Gasteiger partial charge in [-0.3, -0.25) is 4.90 Å². The van der Waals surface area contributed by atoms with Crippen molar-refractivity contribution < 1.29 is 5.11 Å². The molecule has 86 valence electrons. The molecule has 4 heteroatoms. The van der Waals surface area contributed by atoms with E-state index in [0.29, 0.717) is 17.1 Å². The minimum Gasteiger partial charge on any atom is -0.393 e. The van der Waals surface area contributed by atoms with Gasteiger partial charge in [0.05, 0.1) is 11.1 Å². The summed E-state index contributed by atoms with van der Waals surface area (Å²) in [6, 6.07) is 1.23. The fourth-order valence-corrected chi connectivity index (χ4v) is 3.19. The number of rotatable bonds is 4. The van der Waals surface area contributed by atoms with E-state index in [1.54, 1.807) is 0 Å². The number of hydrogen-bond donors (Lipinski definition) is 2. The fraction of sp³-hybridized carbons (Fsp3) is 0.909. The predicted molar refractivity (Wildman–Crippen MR) is 64.8 cm³/mol. The van der Waals surface area contributed by atoms with E-state index in [1.165, 1.54) is 12.8 Å². The van der Waals surface area contributed by atoms with Gasteiger partial charge in [0, 0.05) is 12.1 Å². The molecule has 2 aliphatic heterocycles. The van der Waals surface area contributed by atoms with E-state index < -0.39 is 0 Å². The first-order valence-electron chi connectivity index (χ1n) is 5.89. The van der Waals surface area contributed by atoms with Crippen molar-refractivity contribution in [1.29, 1.82) is 0 Å². The highest BCUT2D eigenvalue weighted by Crippen LogP contribution is 2.35. The van der Waals surface area contributed by atoms with Crippen LogP contribution in [0.5, 0.6) is 0 Å². The molecule has 15 heavy (non-hydrogen) atoms. The van der Waals surface area contributed by atoms with Crippen LogP contribution < -0.4 is 5.73 Å². The molecular weight excluding hydrogens is 208 g/mol. The topological polar surface area (TPSA) is 49.5 Å². The van der Waals surface area contributed by atoms with Gasteiger partial charge in [-0.2, -0.15) is 0 Å². The molecule has 2 rings (SSSR count). The van der Waals surface area contributed by atoms with Crippen molar-refractivity contribution >= 4 is 17.2 Å². The van der Waals surface area contributed by atoms with Gasteiger partial charge in [-0.25, -0.2) is 0 Å². The van der Waals surface area contributed by atoms with Crippen molar-refractivity contribution in [1.82, 2.24) is 4.90 Å². The number of aliphatic hydroxyl groups excluding tert-OH is 1. The van der Waals surface area contributed by atoms with Crippen molar-refractivity contribution in [2.75, 3.05) is 6.54 Å². The Bertz CT molecular complexity index is 233. The molecule has 0 radical (unpaired) electrons. The molecule has 0 amide bonds. The molecule has 0 aromatic heterocycles. The number of thiocarbonyl (C=S) groups is 1. The molecule has 2 atom stereocenters. The van der Waals surface area contributed by atoms with Gasteiger partial charge in [0.2, 0.25) is 0 Å². The second-order valence-corrected chi connectivity index (χ2v) is 5.34. The number of nitrogens with two attached hydrogens (primary N) is 1. The summed E-state index contributed by atoms with van der Waals surface area (Å²) in [6.45, 7) is 1.10. The smallest absolute Gasteiger partial charge is 0.0727 e. The number of nitrogens with zero attached hydrogens (tertiary/aromatic N) is 1. The van der Waals surface area contributed by atoms with Crippen LogP contribution in [0, 0.1) is 0 Å². The first-order chi connectivity index (χ1) is 7.16. The maximum atomic E-state index is 9.65. The van der Waals surface area contributed by atoms with Gasteiger partial charge < -0.3 is 10.8 Å². The van der Waals surface area contributed by atoms with Crippen LogP contribution in [0.1, 0.15) is 38.5 Å². The molecule has 0 aliphatic carbocycles. The second-order valence-electron chi connectivity index (χ2n) is 4.82. The second kappa shape index (κ2) is 4.76. The molecule has 3 N–H and O–H groups in total. The lowest BCUT2D eigenvalue weighted by Gasteiger charge is -2.37. The molecule has 0 aromatic rings. The van der Waals surface area contributed by atoms with Crippen molar-refractivity contribution in [2.24, 2.45) is 5.73 Å². The quantitative estimate of drug-likeness (QED) is 0.706. The summed E-state index contributed by atoms with van der Waals surface area (Å²) in [5, 5.41) is 9.65. The summed E-state index contributed by atoms with van der Waals surface area (Å²) in [6.07, 6.45) is 6.30. The van der Waals surface area contributed by atoms with E-state index in [9.17, 15) is 5.11 Å². The lowest BCUT2D eigenvalue weighted by Crippen LogP contribution is -2.45. The monoisotopic (exact) mass is 228 g/mol. The summed E-state index contributed by atoms with van der Waals surface area (Å²) in [4.78, 5) is 3.18. The molecule has 2 aliphatic rings. The zero-order valence-corrected chi connectivity index (χ0v) is 9.88. The summed E-state index contributed by atoms with van der Waals surface area (Å²) in [7, 11) is 0. The zero-order chi connectivity index (χ0) is 10.8. The van der Waals surface area contributed by atoms with E-state index in [-0.39, 0.29) is 6.10 Å². The number of hydrogen-bond acceptors (Lipinski definition) is 3. The standard InChI is InChI=1S/C11H20N2OS/c12-11(15)2-1-5-13-8-3-4-9(13)7-10(14)6-8/h8-10,14H,1-7H2,(H2,12,15). The highest BCUT2D eigenvalue weighted by Gasteiger charge is 2.39. The molecule has 2 unspecified atom stereocenters. The maximum Gasteiger partial charge on any atom is 0.0727 e. The average molecular weight is 228 g/mol. The van der Waals surface area contributed by atoms with E-state index >= 15 is 0 Å². The van der Waals surface area contributed by atoms with Crippen LogP contribution in [0.3, 0.4) is 0 Å². The van der Waals surface area contributed by atoms with Gasteiger partial charge in [-0.15, -0.1) is 0 Å². The molecule has 2 heterocycles. The summed E-state index contributed by atoms with van der Waals surface area (Å²) in [5.41, 5.74) is 5.49. The minimum absolute atomic E-state index is 0.0608. The highest BCUT2D eigenvalue weighted by atomic mass is 32.1. The van der Waals surface area contributed by atoms with Gasteiger partial charge in [0.15, 0.2) is 0 Å². The molecule has 0 aromatic carbocycles. The minimum atomic E-state index is -0.0608. The van der Waals surface area contributed by atoms with Crippen LogP contribution in [0.2, 0.25) is 0 Å². The Hall–Kier alpha value is -0.190. The predicted octanol–water partition coefficient (Wildman–Crippen LogP) is 1.04. The Kier molecular flexibility index (Phi) is 3.59. The lowest BCUT2D eigenvalue weighted by molar-refractivity contribution is 0.0353. The lowest BCUT2D eigenvalue weighted by atomic mass is 9.99.